The highest BCUT2D eigenvalue weighted by Gasteiger charge is 2.17. The average molecular weight is 299 g/mol. The molecule has 1 fully saturated rings. The van der Waals surface area contributed by atoms with Crippen LogP contribution < -0.4 is 16.6 Å². The molecule has 1 atom stereocenters. The molecule has 4 N–H and O–H groups in total. The van der Waals surface area contributed by atoms with E-state index in [0.717, 1.165) is 25.6 Å². The van der Waals surface area contributed by atoms with Crippen LogP contribution in [0.15, 0.2) is 6.07 Å². The van der Waals surface area contributed by atoms with E-state index in [-0.39, 0.29) is 11.6 Å². The van der Waals surface area contributed by atoms with Crippen LogP contribution in [-0.4, -0.2) is 35.6 Å². The molecule has 0 bridgehead atoms. The molecule has 21 heavy (non-hydrogen) atoms. The molecule has 2 heterocycles. The highest BCUT2D eigenvalue weighted by molar-refractivity contribution is 5.46. The van der Waals surface area contributed by atoms with Gasteiger partial charge >= 0.3 is 0 Å². The Hall–Kier alpha value is -1.47. The molecule has 1 aliphatic rings. The third-order valence-corrected chi connectivity index (χ3v) is 3.92. The molecule has 1 saturated heterocycles. The van der Waals surface area contributed by atoms with Crippen LogP contribution in [0.5, 0.6) is 0 Å². The Balaban J connectivity index is 1.80. The summed E-state index contributed by atoms with van der Waals surface area (Å²) in [4.78, 5) is 6.23. The van der Waals surface area contributed by atoms with Gasteiger partial charge in [-0.25, -0.2) is 19.6 Å². The summed E-state index contributed by atoms with van der Waals surface area (Å²) < 4.78 is 26.8. The SMILES string of the molecule is CC1CCCCN1CCCNc1nc(NN)c(F)cc1F. The molecule has 0 spiro atoms. The van der Waals surface area contributed by atoms with Crippen molar-refractivity contribution >= 4 is 11.6 Å². The Kier molecular flexibility index (Phi) is 5.69. The number of pyridine rings is 1. The molecule has 1 unspecified atom stereocenters. The first-order chi connectivity index (χ1) is 10.1. The summed E-state index contributed by atoms with van der Waals surface area (Å²) in [6.07, 6.45) is 4.67. The second kappa shape index (κ2) is 7.51. The normalized spacial score (nSPS) is 19.5. The number of nitrogens with one attached hydrogen (secondary N) is 2. The van der Waals surface area contributed by atoms with Crippen molar-refractivity contribution < 1.29 is 8.78 Å². The van der Waals surface area contributed by atoms with E-state index in [1.54, 1.807) is 0 Å². The lowest BCUT2D eigenvalue weighted by molar-refractivity contribution is 0.160. The summed E-state index contributed by atoms with van der Waals surface area (Å²) in [5.41, 5.74) is 2.11. The summed E-state index contributed by atoms with van der Waals surface area (Å²) in [5, 5.41) is 2.89. The van der Waals surface area contributed by atoms with Crippen LogP contribution in [0.1, 0.15) is 32.6 Å². The minimum absolute atomic E-state index is 0.0241. The van der Waals surface area contributed by atoms with Crippen LogP contribution in [0.4, 0.5) is 20.4 Å². The number of halogens is 2. The van der Waals surface area contributed by atoms with Gasteiger partial charge in [0.25, 0.3) is 0 Å². The Bertz CT molecular complexity index is 469. The maximum atomic E-state index is 13.6. The molecule has 1 aromatic heterocycles. The molecule has 5 nitrogen and oxygen atoms in total. The topological polar surface area (TPSA) is 66.2 Å². The number of hydrogen-bond donors (Lipinski definition) is 3. The number of nitrogen functional groups attached to an aromatic ring is 1. The van der Waals surface area contributed by atoms with E-state index < -0.39 is 11.6 Å². The Morgan fingerprint density at radius 3 is 2.81 bits per heavy atom. The monoisotopic (exact) mass is 299 g/mol. The van der Waals surface area contributed by atoms with Crippen molar-refractivity contribution in [2.24, 2.45) is 5.84 Å². The maximum absolute atomic E-state index is 13.6. The van der Waals surface area contributed by atoms with Gasteiger partial charge in [-0.1, -0.05) is 6.42 Å². The number of piperidine rings is 1. The van der Waals surface area contributed by atoms with Gasteiger partial charge in [0.15, 0.2) is 23.3 Å². The third-order valence-electron chi connectivity index (χ3n) is 3.92. The van der Waals surface area contributed by atoms with Gasteiger partial charge < -0.3 is 15.6 Å². The molecule has 1 aliphatic heterocycles. The van der Waals surface area contributed by atoms with E-state index in [2.05, 4.69) is 27.6 Å². The number of hydrogen-bond acceptors (Lipinski definition) is 5. The molecule has 1 aromatic rings. The fourth-order valence-corrected chi connectivity index (χ4v) is 2.67. The largest absolute Gasteiger partial charge is 0.368 e. The van der Waals surface area contributed by atoms with Crippen LogP contribution in [0.25, 0.3) is 0 Å². The van der Waals surface area contributed by atoms with E-state index in [9.17, 15) is 8.78 Å². The van der Waals surface area contributed by atoms with Crippen molar-refractivity contribution in [3.63, 3.8) is 0 Å². The lowest BCUT2D eigenvalue weighted by atomic mass is 10.0. The van der Waals surface area contributed by atoms with E-state index in [1.807, 2.05) is 0 Å². The molecule has 0 aliphatic carbocycles. The highest BCUT2D eigenvalue weighted by Crippen LogP contribution is 2.19. The minimum atomic E-state index is -0.803. The zero-order valence-electron chi connectivity index (χ0n) is 12.3. The highest BCUT2D eigenvalue weighted by atomic mass is 19.1. The number of rotatable bonds is 6. The van der Waals surface area contributed by atoms with Crippen LogP contribution in [0.3, 0.4) is 0 Å². The van der Waals surface area contributed by atoms with E-state index >= 15 is 0 Å². The number of hydrazine groups is 1. The number of nitrogens with two attached hydrogens (primary N) is 1. The van der Waals surface area contributed by atoms with Gasteiger partial charge in [-0.05, 0) is 32.7 Å². The van der Waals surface area contributed by atoms with Crippen molar-refractivity contribution in [2.45, 2.75) is 38.6 Å². The molecule has 7 heteroatoms. The van der Waals surface area contributed by atoms with Crippen LogP contribution in [-0.2, 0) is 0 Å². The lowest BCUT2D eigenvalue weighted by Crippen LogP contribution is -2.38. The zero-order chi connectivity index (χ0) is 15.2. The second-order valence-electron chi connectivity index (χ2n) is 5.45. The van der Waals surface area contributed by atoms with Gasteiger partial charge in [-0.15, -0.1) is 0 Å². The number of likely N-dealkylation sites (tertiary alicyclic amines) is 1. The predicted molar refractivity (Wildman–Crippen MR) is 80.0 cm³/mol. The first kappa shape index (κ1) is 15.9. The molecular weight excluding hydrogens is 276 g/mol. The molecule has 0 radical (unpaired) electrons. The Labute approximate surface area is 123 Å². The molecule has 118 valence electrons. The fraction of sp³-hybridized carbons (Fsp3) is 0.643. The second-order valence-corrected chi connectivity index (χ2v) is 5.45. The zero-order valence-corrected chi connectivity index (χ0v) is 12.3. The van der Waals surface area contributed by atoms with Gasteiger partial charge in [0.1, 0.15) is 0 Å². The maximum Gasteiger partial charge on any atom is 0.178 e. The van der Waals surface area contributed by atoms with Crippen molar-refractivity contribution in [1.82, 2.24) is 9.88 Å². The number of nitrogens with zero attached hydrogens (tertiary/aromatic N) is 2. The average Bonchev–Trinajstić information content (AvgIpc) is 2.47. The van der Waals surface area contributed by atoms with E-state index in [0.29, 0.717) is 12.6 Å². The summed E-state index contributed by atoms with van der Waals surface area (Å²) in [6.45, 7) is 4.93. The van der Waals surface area contributed by atoms with Crippen LogP contribution in [0.2, 0.25) is 0 Å². The summed E-state index contributed by atoms with van der Waals surface area (Å²) in [6, 6.07) is 1.39. The van der Waals surface area contributed by atoms with Crippen molar-refractivity contribution in [1.29, 1.82) is 0 Å². The van der Waals surface area contributed by atoms with E-state index in [4.69, 9.17) is 5.84 Å². The van der Waals surface area contributed by atoms with Gasteiger partial charge in [-0.3, -0.25) is 0 Å². The van der Waals surface area contributed by atoms with Crippen molar-refractivity contribution in [3.8, 4) is 0 Å². The smallest absolute Gasteiger partial charge is 0.178 e. The Morgan fingerprint density at radius 2 is 2.10 bits per heavy atom. The van der Waals surface area contributed by atoms with Gasteiger partial charge in [0.05, 0.1) is 0 Å². The fourth-order valence-electron chi connectivity index (χ4n) is 2.67. The molecular formula is C14H23F2N5. The van der Waals surface area contributed by atoms with Crippen molar-refractivity contribution in [3.05, 3.63) is 17.7 Å². The molecule has 0 amide bonds. The summed E-state index contributed by atoms with van der Waals surface area (Å²) in [5.74, 6) is 3.48. The predicted octanol–water partition coefficient (Wildman–Crippen LogP) is 2.32. The van der Waals surface area contributed by atoms with E-state index in [1.165, 1.54) is 19.3 Å². The van der Waals surface area contributed by atoms with Gasteiger partial charge in [0.2, 0.25) is 0 Å². The van der Waals surface area contributed by atoms with Crippen LogP contribution in [0, 0.1) is 11.6 Å². The number of aromatic nitrogens is 1. The lowest BCUT2D eigenvalue weighted by Gasteiger charge is -2.33. The molecule has 0 saturated carbocycles. The Morgan fingerprint density at radius 1 is 1.33 bits per heavy atom. The molecule has 0 aromatic carbocycles. The molecule has 2 rings (SSSR count). The van der Waals surface area contributed by atoms with Crippen molar-refractivity contribution in [2.75, 3.05) is 30.4 Å². The first-order valence-electron chi connectivity index (χ1n) is 7.42. The summed E-state index contributed by atoms with van der Waals surface area (Å²) in [7, 11) is 0. The summed E-state index contributed by atoms with van der Waals surface area (Å²) >= 11 is 0. The quantitative estimate of drug-likeness (QED) is 0.427. The van der Waals surface area contributed by atoms with Crippen LogP contribution >= 0.6 is 0 Å². The van der Waals surface area contributed by atoms with Gasteiger partial charge in [0, 0.05) is 25.2 Å². The standard InChI is InChI=1S/C14H23F2N5/c1-10-5-2-3-7-21(10)8-4-6-18-13-11(15)9-12(16)14(19-13)20-17/h9-10H,2-8,17H2,1H3,(H2,18,19,20). The number of anilines is 2. The first-order valence-corrected chi connectivity index (χ1v) is 7.42. The minimum Gasteiger partial charge on any atom is -0.368 e. The van der Waals surface area contributed by atoms with Gasteiger partial charge in [-0.2, -0.15) is 0 Å². The third kappa shape index (κ3) is 4.25.